The van der Waals surface area contributed by atoms with Gasteiger partial charge in [-0.2, -0.15) is 0 Å². The largest absolute Gasteiger partial charge is 0.361 e. The quantitative estimate of drug-likeness (QED) is 0.776. The normalized spacial score (nSPS) is 20.0. The third-order valence-corrected chi connectivity index (χ3v) is 6.03. The molecule has 6 nitrogen and oxygen atoms in total. The summed E-state index contributed by atoms with van der Waals surface area (Å²) in [5.41, 5.74) is 2.15. The Morgan fingerprint density at radius 2 is 2.04 bits per heavy atom. The number of fused-ring (bicyclic) bond motifs is 2. The van der Waals surface area contributed by atoms with Gasteiger partial charge in [0.1, 0.15) is 5.82 Å². The minimum atomic E-state index is 0.0713. The van der Waals surface area contributed by atoms with E-state index in [0.29, 0.717) is 6.42 Å². The number of likely N-dealkylation sites (tertiary alicyclic amines) is 1. The molecule has 1 saturated heterocycles. The summed E-state index contributed by atoms with van der Waals surface area (Å²) < 4.78 is 2.29. The second-order valence-corrected chi connectivity index (χ2v) is 7.72. The van der Waals surface area contributed by atoms with E-state index in [1.54, 1.807) is 0 Å². The van der Waals surface area contributed by atoms with E-state index in [9.17, 15) is 4.79 Å². The molecule has 27 heavy (non-hydrogen) atoms. The number of rotatable bonds is 3. The molecule has 3 aromatic rings. The van der Waals surface area contributed by atoms with Crippen LogP contribution in [-0.4, -0.2) is 37.1 Å². The van der Waals surface area contributed by atoms with Gasteiger partial charge in [-0.05, 0) is 37.3 Å². The molecule has 0 saturated carbocycles. The minimum Gasteiger partial charge on any atom is -0.361 e. The molecule has 1 atom stereocenters. The molecule has 1 N–H and O–H groups in total. The van der Waals surface area contributed by atoms with Gasteiger partial charge in [-0.1, -0.05) is 24.6 Å². The monoisotopic (exact) mass is 363 g/mol. The van der Waals surface area contributed by atoms with E-state index in [1.807, 2.05) is 29.3 Å². The van der Waals surface area contributed by atoms with Crippen molar-refractivity contribution in [3.63, 3.8) is 0 Å². The molecular formula is C21H25N5O. The number of amides is 1. The van der Waals surface area contributed by atoms with Crippen LogP contribution in [0.2, 0.25) is 0 Å². The van der Waals surface area contributed by atoms with Crippen molar-refractivity contribution in [3.8, 4) is 0 Å². The van der Waals surface area contributed by atoms with Crippen molar-refractivity contribution in [1.82, 2.24) is 24.6 Å². The molecule has 2 aliphatic rings. The molecule has 1 amide bonds. The molecule has 0 aliphatic carbocycles. The van der Waals surface area contributed by atoms with E-state index in [-0.39, 0.29) is 11.9 Å². The topological polar surface area (TPSA) is 66.8 Å². The zero-order chi connectivity index (χ0) is 18.2. The van der Waals surface area contributed by atoms with Crippen LogP contribution in [0.4, 0.5) is 0 Å². The Kier molecular flexibility index (Phi) is 4.19. The smallest absolute Gasteiger partial charge is 0.227 e. The average molecular weight is 363 g/mol. The molecule has 0 bridgehead atoms. The molecule has 6 heteroatoms. The van der Waals surface area contributed by atoms with Crippen LogP contribution >= 0.6 is 0 Å². The summed E-state index contributed by atoms with van der Waals surface area (Å²) in [5.74, 6) is 2.28. The van der Waals surface area contributed by atoms with E-state index in [4.69, 9.17) is 0 Å². The molecule has 4 heterocycles. The van der Waals surface area contributed by atoms with Crippen LogP contribution < -0.4 is 0 Å². The van der Waals surface area contributed by atoms with Crippen molar-refractivity contribution in [1.29, 1.82) is 0 Å². The summed E-state index contributed by atoms with van der Waals surface area (Å²) in [6.07, 6.45) is 9.03. The number of carbonyl (C=O) groups is 1. The molecule has 2 aromatic heterocycles. The van der Waals surface area contributed by atoms with Crippen LogP contribution in [0.5, 0.6) is 0 Å². The van der Waals surface area contributed by atoms with Gasteiger partial charge >= 0.3 is 0 Å². The Labute approximate surface area is 158 Å². The van der Waals surface area contributed by atoms with Crippen LogP contribution in [0.15, 0.2) is 30.5 Å². The maximum atomic E-state index is 13.2. The molecule has 0 radical (unpaired) electrons. The zero-order valence-corrected chi connectivity index (χ0v) is 15.5. The Hall–Kier alpha value is -2.63. The van der Waals surface area contributed by atoms with Crippen molar-refractivity contribution < 1.29 is 4.79 Å². The van der Waals surface area contributed by atoms with E-state index in [2.05, 4.69) is 25.8 Å². The molecule has 140 valence electrons. The highest BCUT2D eigenvalue weighted by Gasteiger charge is 2.34. The summed E-state index contributed by atoms with van der Waals surface area (Å²) in [7, 11) is 0. The van der Waals surface area contributed by atoms with Crippen LogP contribution in [0.25, 0.3) is 10.9 Å². The van der Waals surface area contributed by atoms with Crippen LogP contribution in [0.1, 0.15) is 55.4 Å². The second-order valence-electron chi connectivity index (χ2n) is 7.72. The summed E-state index contributed by atoms with van der Waals surface area (Å²) in [4.78, 5) is 18.5. The first-order valence-corrected chi connectivity index (χ1v) is 10.1. The number of carbonyl (C=O) groups excluding carboxylic acids is 1. The number of para-hydroxylation sites is 1. The Morgan fingerprint density at radius 1 is 1.11 bits per heavy atom. The number of nitrogens with one attached hydrogen (secondary N) is 1. The number of hydrogen-bond acceptors (Lipinski definition) is 3. The Morgan fingerprint density at radius 3 is 3.00 bits per heavy atom. The number of nitrogens with zero attached hydrogens (tertiary/aromatic N) is 4. The first-order chi connectivity index (χ1) is 13.3. The van der Waals surface area contributed by atoms with Crippen LogP contribution in [0, 0.1) is 0 Å². The standard InChI is InChI=1S/C21H25N5O/c27-20(13-15-14-22-17-8-4-3-7-16(15)17)25-12-6-9-18(25)21-24-23-19-10-2-1-5-11-26(19)21/h3-4,7-8,14,18,22H,1-2,5-6,9-13H2/t18-/m0/s1. The van der Waals surface area contributed by atoms with Gasteiger partial charge in [0.05, 0.1) is 12.5 Å². The Balaban J connectivity index is 1.40. The number of hydrogen-bond donors (Lipinski definition) is 1. The second kappa shape index (κ2) is 6.83. The van der Waals surface area contributed by atoms with Crippen molar-refractivity contribution in [2.45, 2.75) is 57.5 Å². The molecule has 1 aromatic carbocycles. The van der Waals surface area contributed by atoms with Gasteiger partial charge < -0.3 is 14.5 Å². The fourth-order valence-corrected chi connectivity index (χ4v) is 4.63. The van der Waals surface area contributed by atoms with E-state index < -0.39 is 0 Å². The van der Waals surface area contributed by atoms with Gasteiger partial charge in [0.2, 0.25) is 5.91 Å². The third-order valence-electron chi connectivity index (χ3n) is 6.03. The van der Waals surface area contributed by atoms with E-state index >= 15 is 0 Å². The summed E-state index contributed by atoms with van der Waals surface area (Å²) >= 11 is 0. The SMILES string of the molecule is O=C(Cc1c[nH]c2ccccc12)N1CCC[C@H]1c1nnc2n1CCCCC2. The molecule has 0 unspecified atom stereocenters. The van der Waals surface area contributed by atoms with Crippen LogP contribution in [-0.2, 0) is 24.2 Å². The molecule has 5 rings (SSSR count). The lowest BCUT2D eigenvalue weighted by Gasteiger charge is -2.24. The highest BCUT2D eigenvalue weighted by atomic mass is 16.2. The number of benzene rings is 1. The van der Waals surface area contributed by atoms with Gasteiger partial charge in [0.15, 0.2) is 5.82 Å². The maximum Gasteiger partial charge on any atom is 0.227 e. The van der Waals surface area contributed by atoms with Crippen LogP contribution in [0.3, 0.4) is 0 Å². The molecule has 1 fully saturated rings. The van der Waals surface area contributed by atoms with Gasteiger partial charge in [-0.25, -0.2) is 0 Å². The molecule has 0 spiro atoms. The van der Waals surface area contributed by atoms with Crippen molar-refractivity contribution in [3.05, 3.63) is 47.7 Å². The van der Waals surface area contributed by atoms with Gasteiger partial charge in [0.25, 0.3) is 0 Å². The van der Waals surface area contributed by atoms with Crippen molar-refractivity contribution >= 4 is 16.8 Å². The lowest BCUT2D eigenvalue weighted by molar-refractivity contribution is -0.131. The lowest BCUT2D eigenvalue weighted by Crippen LogP contribution is -2.33. The molecular weight excluding hydrogens is 338 g/mol. The molecule has 2 aliphatic heterocycles. The Bertz CT molecular complexity index is 972. The van der Waals surface area contributed by atoms with Gasteiger partial charge in [0, 0.05) is 36.6 Å². The summed E-state index contributed by atoms with van der Waals surface area (Å²) in [6.45, 7) is 1.80. The first kappa shape index (κ1) is 16.5. The van der Waals surface area contributed by atoms with Gasteiger partial charge in [-0.15, -0.1) is 10.2 Å². The number of aromatic nitrogens is 4. The zero-order valence-electron chi connectivity index (χ0n) is 15.5. The summed E-state index contributed by atoms with van der Waals surface area (Å²) in [5, 5.41) is 10.1. The highest BCUT2D eigenvalue weighted by Crippen LogP contribution is 2.33. The van der Waals surface area contributed by atoms with E-state index in [1.165, 1.54) is 19.3 Å². The van der Waals surface area contributed by atoms with Crippen molar-refractivity contribution in [2.75, 3.05) is 6.54 Å². The van der Waals surface area contributed by atoms with Crippen molar-refractivity contribution in [2.24, 2.45) is 0 Å². The fraction of sp³-hybridized carbons (Fsp3) is 0.476. The number of H-pyrrole nitrogens is 1. The average Bonchev–Trinajstić information content (AvgIpc) is 3.37. The highest BCUT2D eigenvalue weighted by molar-refractivity contribution is 5.89. The number of aryl methyl sites for hydroxylation is 1. The summed E-state index contributed by atoms with van der Waals surface area (Å²) in [6, 6.07) is 8.23. The minimum absolute atomic E-state index is 0.0713. The third kappa shape index (κ3) is 2.93. The predicted molar refractivity (Wildman–Crippen MR) is 103 cm³/mol. The number of aromatic amines is 1. The maximum absolute atomic E-state index is 13.2. The fourth-order valence-electron chi connectivity index (χ4n) is 4.63. The van der Waals surface area contributed by atoms with E-state index in [0.717, 1.165) is 60.5 Å². The first-order valence-electron chi connectivity index (χ1n) is 10.1. The van der Waals surface area contributed by atoms with Gasteiger partial charge in [-0.3, -0.25) is 4.79 Å². The predicted octanol–water partition coefficient (Wildman–Crippen LogP) is 3.39. The lowest BCUT2D eigenvalue weighted by atomic mass is 10.1.